The van der Waals surface area contributed by atoms with E-state index in [1.807, 2.05) is 44.2 Å². The van der Waals surface area contributed by atoms with E-state index in [1.54, 1.807) is 18.2 Å². The Hall–Kier alpha value is -2.97. The van der Waals surface area contributed by atoms with Crippen molar-refractivity contribution in [1.82, 2.24) is 4.90 Å². The lowest BCUT2D eigenvalue weighted by Gasteiger charge is -2.17. The molecule has 0 atom stereocenters. The van der Waals surface area contributed by atoms with Crippen molar-refractivity contribution in [3.05, 3.63) is 64.6 Å². The Labute approximate surface area is 183 Å². The third kappa shape index (κ3) is 3.53. The molecule has 2 aromatic rings. The van der Waals surface area contributed by atoms with E-state index in [4.69, 9.17) is 12.2 Å². The minimum atomic E-state index is -0.369. The van der Waals surface area contributed by atoms with E-state index in [1.165, 1.54) is 9.80 Å². The highest BCUT2D eigenvalue weighted by Gasteiger charge is 2.41. The normalized spacial score (nSPS) is 18.3. The van der Waals surface area contributed by atoms with Crippen molar-refractivity contribution in [2.75, 3.05) is 23.3 Å². The van der Waals surface area contributed by atoms with Gasteiger partial charge in [-0.2, -0.15) is 0 Å². The minimum absolute atomic E-state index is 0.151. The van der Waals surface area contributed by atoms with Crippen LogP contribution in [0, 0.1) is 6.92 Å². The molecule has 0 aromatic heterocycles. The quantitative estimate of drug-likeness (QED) is 0.585. The molecule has 8 heteroatoms. The van der Waals surface area contributed by atoms with Gasteiger partial charge in [-0.1, -0.05) is 59.9 Å². The number of fused-ring (bicyclic) bond motifs is 1. The number of carbonyl (C=O) groups excluding carboxylic acids is 3. The van der Waals surface area contributed by atoms with Gasteiger partial charge in [-0.05, 0) is 32.0 Å². The monoisotopic (exact) mass is 437 g/mol. The maximum atomic E-state index is 13.3. The zero-order valence-electron chi connectivity index (χ0n) is 16.5. The first-order valence-electron chi connectivity index (χ1n) is 9.46. The van der Waals surface area contributed by atoms with Crippen molar-refractivity contribution < 1.29 is 14.4 Å². The lowest BCUT2D eigenvalue weighted by atomic mass is 10.1. The van der Waals surface area contributed by atoms with Gasteiger partial charge in [0.05, 0.1) is 16.2 Å². The van der Waals surface area contributed by atoms with E-state index in [-0.39, 0.29) is 24.3 Å². The third-order valence-corrected chi connectivity index (χ3v) is 6.40. The van der Waals surface area contributed by atoms with Crippen molar-refractivity contribution in [2.24, 2.45) is 0 Å². The van der Waals surface area contributed by atoms with Gasteiger partial charge in [0.2, 0.25) is 5.91 Å². The summed E-state index contributed by atoms with van der Waals surface area (Å²) in [7, 11) is 0. The zero-order chi connectivity index (χ0) is 21.4. The van der Waals surface area contributed by atoms with Crippen molar-refractivity contribution in [3.63, 3.8) is 0 Å². The van der Waals surface area contributed by atoms with Gasteiger partial charge in [-0.15, -0.1) is 0 Å². The number of thioether (sulfide) groups is 1. The van der Waals surface area contributed by atoms with Crippen LogP contribution < -0.4 is 10.2 Å². The Bertz CT molecular complexity index is 1110. The van der Waals surface area contributed by atoms with Crippen LogP contribution in [0.4, 0.5) is 11.4 Å². The number of hydrogen-bond acceptors (Lipinski definition) is 5. The summed E-state index contributed by atoms with van der Waals surface area (Å²) in [5.41, 5.74) is 3.31. The first-order chi connectivity index (χ1) is 14.4. The molecule has 0 aliphatic carbocycles. The highest BCUT2D eigenvalue weighted by molar-refractivity contribution is 8.26. The molecule has 0 bridgehead atoms. The largest absolute Gasteiger partial charge is 0.325 e. The predicted molar refractivity (Wildman–Crippen MR) is 123 cm³/mol. The summed E-state index contributed by atoms with van der Waals surface area (Å²) in [5.74, 6) is -0.951. The molecule has 1 N–H and O–H groups in total. The number of amides is 3. The van der Waals surface area contributed by atoms with Crippen molar-refractivity contribution >= 4 is 63.0 Å². The highest BCUT2D eigenvalue weighted by Crippen LogP contribution is 2.44. The molecule has 3 amide bonds. The van der Waals surface area contributed by atoms with Crippen LogP contribution in [-0.2, 0) is 14.4 Å². The van der Waals surface area contributed by atoms with Gasteiger partial charge >= 0.3 is 0 Å². The molecule has 6 nitrogen and oxygen atoms in total. The molecule has 2 aliphatic heterocycles. The van der Waals surface area contributed by atoms with Crippen LogP contribution in [0.25, 0.3) is 5.57 Å². The second-order valence-electron chi connectivity index (χ2n) is 6.94. The molecule has 2 aliphatic rings. The number of likely N-dealkylation sites (N-methyl/N-ethyl adjacent to an activating group) is 1. The molecule has 2 aromatic carbocycles. The summed E-state index contributed by atoms with van der Waals surface area (Å²) in [4.78, 5) is 41.9. The number of rotatable bonds is 4. The molecule has 0 saturated carbocycles. The van der Waals surface area contributed by atoms with Crippen molar-refractivity contribution in [1.29, 1.82) is 0 Å². The molecule has 4 rings (SSSR count). The molecular formula is C22H19N3O3S2. The summed E-state index contributed by atoms with van der Waals surface area (Å²) < 4.78 is 0.436. The van der Waals surface area contributed by atoms with E-state index in [9.17, 15) is 14.4 Å². The third-order valence-electron chi connectivity index (χ3n) is 4.95. The molecular weight excluding hydrogens is 418 g/mol. The summed E-state index contributed by atoms with van der Waals surface area (Å²) in [6.07, 6.45) is 0. The standard InChI is InChI=1S/C22H19N3O3S2/c1-3-24-21(28)19(30-22(24)29)18-15-6-4-5-7-16(15)25(20(18)27)12-17(26)23-14-10-8-13(2)9-11-14/h4-11H,3,12H2,1-2H3,(H,23,26)/b19-18+. The summed E-state index contributed by atoms with van der Waals surface area (Å²) in [6.45, 7) is 4.10. The summed E-state index contributed by atoms with van der Waals surface area (Å²) in [6, 6.07) is 14.6. The smallest absolute Gasteiger partial charge is 0.266 e. The first-order valence-corrected chi connectivity index (χ1v) is 10.7. The Kier molecular flexibility index (Phi) is 5.44. The van der Waals surface area contributed by atoms with Gasteiger partial charge in [-0.25, -0.2) is 0 Å². The number of hydrogen-bond donors (Lipinski definition) is 1. The maximum Gasteiger partial charge on any atom is 0.266 e. The number of carbonyl (C=O) groups is 3. The van der Waals surface area contributed by atoms with Crippen LogP contribution >= 0.6 is 24.0 Å². The van der Waals surface area contributed by atoms with Crippen LogP contribution in [0.15, 0.2) is 53.4 Å². The fraction of sp³-hybridized carbons (Fsp3) is 0.182. The van der Waals surface area contributed by atoms with E-state index < -0.39 is 0 Å². The molecule has 1 fully saturated rings. The van der Waals surface area contributed by atoms with Crippen LogP contribution in [0.2, 0.25) is 0 Å². The first kappa shape index (κ1) is 20.3. The number of benzene rings is 2. The molecule has 152 valence electrons. The minimum Gasteiger partial charge on any atom is -0.325 e. The Morgan fingerprint density at radius 3 is 2.40 bits per heavy atom. The van der Waals surface area contributed by atoms with Crippen molar-refractivity contribution in [3.8, 4) is 0 Å². The van der Waals surface area contributed by atoms with E-state index in [2.05, 4.69) is 5.32 Å². The lowest BCUT2D eigenvalue weighted by Crippen LogP contribution is -2.35. The lowest BCUT2D eigenvalue weighted by molar-refractivity contribution is -0.122. The van der Waals surface area contributed by atoms with Gasteiger partial charge in [0, 0.05) is 17.8 Å². The van der Waals surface area contributed by atoms with E-state index in [0.717, 1.165) is 17.3 Å². The highest BCUT2D eigenvalue weighted by atomic mass is 32.2. The zero-order valence-corrected chi connectivity index (χ0v) is 18.1. The van der Waals surface area contributed by atoms with Gasteiger partial charge in [0.15, 0.2) is 0 Å². The fourth-order valence-electron chi connectivity index (χ4n) is 3.46. The second-order valence-corrected chi connectivity index (χ2v) is 8.59. The SMILES string of the molecule is CCN1C(=O)/C(=C2\C(=O)N(CC(=O)Nc3ccc(C)cc3)c3ccccc32)SC1=S. The Morgan fingerprint density at radius 1 is 1.03 bits per heavy atom. The molecule has 0 spiro atoms. The summed E-state index contributed by atoms with van der Waals surface area (Å²) >= 11 is 6.43. The Balaban J connectivity index is 1.65. The average molecular weight is 438 g/mol. The van der Waals surface area contributed by atoms with Gasteiger partial charge in [-0.3, -0.25) is 24.2 Å². The molecule has 0 unspecified atom stereocenters. The van der Waals surface area contributed by atoms with Crippen LogP contribution in [0.3, 0.4) is 0 Å². The molecule has 30 heavy (non-hydrogen) atoms. The van der Waals surface area contributed by atoms with Gasteiger partial charge < -0.3 is 5.32 Å². The number of anilines is 2. The number of nitrogens with one attached hydrogen (secondary N) is 1. The van der Waals surface area contributed by atoms with E-state index in [0.29, 0.717) is 38.3 Å². The van der Waals surface area contributed by atoms with E-state index >= 15 is 0 Å². The fourth-order valence-corrected chi connectivity index (χ4v) is 4.92. The molecule has 2 heterocycles. The molecule has 1 saturated heterocycles. The van der Waals surface area contributed by atoms with Crippen LogP contribution in [0.5, 0.6) is 0 Å². The predicted octanol–water partition coefficient (Wildman–Crippen LogP) is 3.57. The number of thiocarbonyl (C=S) groups is 1. The Morgan fingerprint density at radius 2 is 1.73 bits per heavy atom. The number of nitrogens with zero attached hydrogens (tertiary/aromatic N) is 2. The van der Waals surface area contributed by atoms with Crippen LogP contribution in [-0.4, -0.2) is 40.0 Å². The number of aryl methyl sites for hydroxylation is 1. The van der Waals surface area contributed by atoms with Crippen LogP contribution in [0.1, 0.15) is 18.1 Å². The van der Waals surface area contributed by atoms with Crippen molar-refractivity contribution in [2.45, 2.75) is 13.8 Å². The topological polar surface area (TPSA) is 69.7 Å². The summed E-state index contributed by atoms with van der Waals surface area (Å²) in [5, 5.41) is 2.81. The maximum absolute atomic E-state index is 13.3. The molecule has 0 radical (unpaired) electrons. The number of para-hydroxylation sites is 1. The average Bonchev–Trinajstić information content (AvgIpc) is 3.16. The second kappa shape index (κ2) is 8.04. The van der Waals surface area contributed by atoms with Gasteiger partial charge in [0.1, 0.15) is 10.9 Å². The van der Waals surface area contributed by atoms with Gasteiger partial charge in [0.25, 0.3) is 11.8 Å².